The molecule has 2 aromatic heterocycles. The standard InChI is InChI=1S/C25H30N4O4S2/c1-8-12-29-22(17(5)33-19-11-9-10-14(2)15(19)3)27-28-25(29)34-13-20(30)26-23-21(24(31)32-7)16(4)18(6)35-23/h8-11,17H,1,12-13H2,2-7H3,(H,26,30). The molecule has 1 aromatic carbocycles. The number of nitrogens with zero attached hydrogens (tertiary/aromatic N) is 3. The van der Waals surface area contributed by atoms with Gasteiger partial charge in [0.25, 0.3) is 0 Å². The highest BCUT2D eigenvalue weighted by Gasteiger charge is 2.23. The molecule has 1 amide bonds. The lowest BCUT2D eigenvalue weighted by Gasteiger charge is -2.18. The number of esters is 1. The first-order valence-corrected chi connectivity index (χ1v) is 12.9. The number of nitrogens with one attached hydrogen (secondary N) is 1. The molecule has 0 spiro atoms. The van der Waals surface area contributed by atoms with Gasteiger partial charge in [-0.05, 0) is 57.4 Å². The molecule has 0 aliphatic carbocycles. The molecule has 0 bridgehead atoms. The van der Waals surface area contributed by atoms with Gasteiger partial charge in [0.05, 0.1) is 18.4 Å². The lowest BCUT2D eigenvalue weighted by atomic mass is 10.1. The summed E-state index contributed by atoms with van der Waals surface area (Å²) in [6.45, 7) is 14.0. The van der Waals surface area contributed by atoms with Gasteiger partial charge in [-0.2, -0.15) is 0 Å². The summed E-state index contributed by atoms with van der Waals surface area (Å²) in [5, 5.41) is 12.5. The second kappa shape index (κ2) is 11.5. The molecule has 8 nitrogen and oxygen atoms in total. The van der Waals surface area contributed by atoms with Crippen molar-refractivity contribution in [3.05, 3.63) is 63.8 Å². The van der Waals surface area contributed by atoms with Crippen LogP contribution in [-0.2, 0) is 16.1 Å². The van der Waals surface area contributed by atoms with E-state index in [1.807, 2.05) is 57.4 Å². The van der Waals surface area contributed by atoms with Crippen molar-refractivity contribution < 1.29 is 19.1 Å². The van der Waals surface area contributed by atoms with Crippen LogP contribution >= 0.6 is 23.1 Å². The van der Waals surface area contributed by atoms with Crippen LogP contribution in [0.1, 0.15) is 50.8 Å². The fraction of sp³-hybridized carbons (Fsp3) is 0.360. The second-order valence-electron chi connectivity index (χ2n) is 8.01. The minimum absolute atomic E-state index is 0.0953. The van der Waals surface area contributed by atoms with Crippen molar-refractivity contribution in [3.8, 4) is 5.75 Å². The van der Waals surface area contributed by atoms with E-state index in [0.717, 1.165) is 27.3 Å². The summed E-state index contributed by atoms with van der Waals surface area (Å²) >= 11 is 2.61. The van der Waals surface area contributed by atoms with E-state index in [1.54, 1.807) is 6.08 Å². The van der Waals surface area contributed by atoms with Crippen LogP contribution in [0, 0.1) is 27.7 Å². The quantitative estimate of drug-likeness (QED) is 0.219. The molecule has 0 saturated carbocycles. The second-order valence-corrected chi connectivity index (χ2v) is 10.2. The molecule has 1 N–H and O–H groups in total. The van der Waals surface area contributed by atoms with Gasteiger partial charge in [-0.25, -0.2) is 4.79 Å². The highest BCUT2D eigenvalue weighted by molar-refractivity contribution is 7.99. The number of rotatable bonds is 10. The summed E-state index contributed by atoms with van der Waals surface area (Å²) in [5.74, 6) is 0.810. The predicted octanol–water partition coefficient (Wildman–Crippen LogP) is 5.42. The number of thioether (sulfide) groups is 1. The average molecular weight is 515 g/mol. The molecule has 1 unspecified atom stereocenters. The molecule has 2 heterocycles. The molecule has 10 heteroatoms. The van der Waals surface area contributed by atoms with E-state index in [1.165, 1.54) is 30.2 Å². The van der Waals surface area contributed by atoms with Gasteiger partial charge in [-0.15, -0.1) is 28.1 Å². The van der Waals surface area contributed by atoms with Crippen LogP contribution in [0.4, 0.5) is 5.00 Å². The number of aryl methyl sites for hydroxylation is 2. The van der Waals surface area contributed by atoms with Crippen molar-refractivity contribution in [1.82, 2.24) is 14.8 Å². The van der Waals surface area contributed by atoms with Crippen LogP contribution in [0.25, 0.3) is 0 Å². The first kappa shape index (κ1) is 26.5. The van der Waals surface area contributed by atoms with Crippen molar-refractivity contribution in [3.63, 3.8) is 0 Å². The van der Waals surface area contributed by atoms with Gasteiger partial charge in [0.1, 0.15) is 10.8 Å². The van der Waals surface area contributed by atoms with Gasteiger partial charge >= 0.3 is 5.97 Å². The van der Waals surface area contributed by atoms with E-state index in [-0.39, 0.29) is 17.8 Å². The van der Waals surface area contributed by atoms with Crippen LogP contribution < -0.4 is 10.1 Å². The molecule has 1 atom stereocenters. The number of methoxy groups -OCH3 is 1. The Kier molecular flexibility index (Phi) is 8.74. The maximum atomic E-state index is 12.7. The van der Waals surface area contributed by atoms with Gasteiger partial charge in [-0.3, -0.25) is 9.36 Å². The van der Waals surface area contributed by atoms with Gasteiger partial charge in [0, 0.05) is 11.4 Å². The van der Waals surface area contributed by atoms with E-state index in [0.29, 0.717) is 28.1 Å². The van der Waals surface area contributed by atoms with Crippen molar-refractivity contribution in [2.24, 2.45) is 0 Å². The first-order chi connectivity index (χ1) is 16.7. The molecule has 3 aromatic rings. The molecule has 0 radical (unpaired) electrons. The SMILES string of the molecule is C=CCn1c(SCC(=O)Nc2sc(C)c(C)c2C(=O)OC)nnc1C(C)Oc1cccc(C)c1C. The van der Waals surface area contributed by atoms with Crippen LogP contribution in [0.2, 0.25) is 0 Å². The Labute approximate surface area is 213 Å². The third-order valence-electron chi connectivity index (χ3n) is 5.64. The topological polar surface area (TPSA) is 95.3 Å². The van der Waals surface area contributed by atoms with E-state index < -0.39 is 5.97 Å². The van der Waals surface area contributed by atoms with Crippen LogP contribution in [-0.4, -0.2) is 39.5 Å². The molecular weight excluding hydrogens is 484 g/mol. The van der Waals surface area contributed by atoms with Crippen molar-refractivity contribution >= 4 is 40.0 Å². The predicted molar refractivity (Wildman–Crippen MR) is 140 cm³/mol. The Balaban J connectivity index is 1.73. The molecular formula is C25H30N4O4S2. The summed E-state index contributed by atoms with van der Waals surface area (Å²) in [7, 11) is 1.32. The largest absolute Gasteiger partial charge is 0.482 e. The Morgan fingerprint density at radius 2 is 1.97 bits per heavy atom. The summed E-state index contributed by atoms with van der Waals surface area (Å²) in [6.07, 6.45) is 1.40. The third-order valence-corrected chi connectivity index (χ3v) is 7.73. The minimum atomic E-state index is -0.469. The van der Waals surface area contributed by atoms with Gasteiger partial charge in [0.15, 0.2) is 17.1 Å². The van der Waals surface area contributed by atoms with Crippen molar-refractivity contribution in [1.29, 1.82) is 0 Å². The number of carbonyl (C=O) groups excluding carboxylic acids is 2. The van der Waals surface area contributed by atoms with Gasteiger partial charge in [0.2, 0.25) is 5.91 Å². The van der Waals surface area contributed by atoms with E-state index >= 15 is 0 Å². The van der Waals surface area contributed by atoms with E-state index in [2.05, 4.69) is 22.1 Å². The van der Waals surface area contributed by atoms with Crippen molar-refractivity contribution in [2.45, 2.75) is 52.4 Å². The van der Waals surface area contributed by atoms with Crippen LogP contribution in [0.15, 0.2) is 36.0 Å². The molecule has 3 rings (SSSR count). The molecule has 0 fully saturated rings. The zero-order valence-electron chi connectivity index (χ0n) is 20.8. The van der Waals surface area contributed by atoms with Gasteiger partial charge in [-0.1, -0.05) is 30.0 Å². The Morgan fingerprint density at radius 1 is 1.23 bits per heavy atom. The maximum absolute atomic E-state index is 12.7. The van der Waals surface area contributed by atoms with Gasteiger partial charge < -0.3 is 14.8 Å². The Morgan fingerprint density at radius 3 is 2.66 bits per heavy atom. The number of aromatic nitrogens is 3. The summed E-state index contributed by atoms with van der Waals surface area (Å²) in [6, 6.07) is 5.93. The number of anilines is 1. The fourth-order valence-electron chi connectivity index (χ4n) is 3.46. The monoisotopic (exact) mass is 514 g/mol. The number of amides is 1. The highest BCUT2D eigenvalue weighted by atomic mass is 32.2. The number of ether oxygens (including phenoxy) is 2. The zero-order valence-corrected chi connectivity index (χ0v) is 22.4. The number of allylic oxidation sites excluding steroid dienone is 1. The number of benzene rings is 1. The molecule has 0 aliphatic rings. The first-order valence-electron chi connectivity index (χ1n) is 11.1. The molecule has 0 saturated heterocycles. The van der Waals surface area contributed by atoms with Crippen molar-refractivity contribution in [2.75, 3.05) is 18.2 Å². The smallest absolute Gasteiger partial charge is 0.341 e. The van der Waals surface area contributed by atoms with E-state index in [9.17, 15) is 9.59 Å². The summed E-state index contributed by atoms with van der Waals surface area (Å²) < 4.78 is 13.0. The summed E-state index contributed by atoms with van der Waals surface area (Å²) in [4.78, 5) is 25.8. The average Bonchev–Trinajstić information content (AvgIpc) is 3.35. The Hall–Kier alpha value is -3.11. The number of hydrogen-bond acceptors (Lipinski definition) is 8. The number of carbonyl (C=O) groups is 2. The van der Waals surface area contributed by atoms with E-state index in [4.69, 9.17) is 9.47 Å². The lowest BCUT2D eigenvalue weighted by molar-refractivity contribution is -0.113. The Bertz CT molecular complexity index is 1250. The van der Waals surface area contributed by atoms with Crippen LogP contribution in [0.3, 0.4) is 0 Å². The maximum Gasteiger partial charge on any atom is 0.341 e. The molecule has 35 heavy (non-hydrogen) atoms. The van der Waals surface area contributed by atoms with Crippen LogP contribution in [0.5, 0.6) is 5.75 Å². The highest BCUT2D eigenvalue weighted by Crippen LogP contribution is 2.33. The zero-order chi connectivity index (χ0) is 25.7. The minimum Gasteiger partial charge on any atom is -0.482 e. The third kappa shape index (κ3) is 5.94. The molecule has 0 aliphatic heterocycles. The normalized spacial score (nSPS) is 11.7. The molecule has 186 valence electrons. The number of hydrogen-bond donors (Lipinski definition) is 1. The lowest BCUT2D eigenvalue weighted by Crippen LogP contribution is -2.17. The number of thiophene rings is 1. The fourth-order valence-corrected chi connectivity index (χ4v) is 5.28. The summed E-state index contributed by atoms with van der Waals surface area (Å²) in [5.41, 5.74) is 3.42.